The smallest absolute Gasteiger partial charge is 0.160 e. The van der Waals surface area contributed by atoms with Gasteiger partial charge in [-0.1, -0.05) is 19.3 Å². The summed E-state index contributed by atoms with van der Waals surface area (Å²) in [5.41, 5.74) is -0.203. The van der Waals surface area contributed by atoms with E-state index < -0.39 is 0 Å². The summed E-state index contributed by atoms with van der Waals surface area (Å²) in [6.07, 6.45) is 10.2. The van der Waals surface area contributed by atoms with Gasteiger partial charge in [-0.3, -0.25) is 9.69 Å². The normalized spacial score (nSPS) is 22.5. The second-order valence-electron chi connectivity index (χ2n) is 6.38. The van der Waals surface area contributed by atoms with E-state index in [1.807, 2.05) is 11.6 Å². The SMILES string of the molecule is CCn1ncnc1CC(=O)C1(N2CCCCC2)CCCC1. The molecule has 0 aromatic carbocycles. The molecule has 1 saturated heterocycles. The first-order chi connectivity index (χ1) is 10.3. The van der Waals surface area contributed by atoms with Gasteiger partial charge in [0.15, 0.2) is 5.78 Å². The summed E-state index contributed by atoms with van der Waals surface area (Å²) in [7, 11) is 0. The van der Waals surface area contributed by atoms with Crippen LogP contribution in [0.3, 0.4) is 0 Å². The molecule has 1 aliphatic carbocycles. The number of hydrogen-bond donors (Lipinski definition) is 0. The van der Waals surface area contributed by atoms with Crippen molar-refractivity contribution in [1.82, 2.24) is 19.7 Å². The van der Waals surface area contributed by atoms with Crippen LogP contribution in [0, 0.1) is 0 Å². The molecular weight excluding hydrogens is 264 g/mol. The minimum atomic E-state index is -0.203. The molecule has 116 valence electrons. The summed E-state index contributed by atoms with van der Waals surface area (Å²) in [5.74, 6) is 1.19. The van der Waals surface area contributed by atoms with Crippen LogP contribution in [0.4, 0.5) is 0 Å². The molecule has 2 heterocycles. The van der Waals surface area contributed by atoms with Gasteiger partial charge >= 0.3 is 0 Å². The lowest BCUT2D eigenvalue weighted by Gasteiger charge is -2.42. The Morgan fingerprint density at radius 3 is 2.57 bits per heavy atom. The quantitative estimate of drug-likeness (QED) is 0.834. The van der Waals surface area contributed by atoms with Crippen LogP contribution in [-0.4, -0.2) is 44.1 Å². The Hall–Kier alpha value is -1.23. The number of piperidine rings is 1. The average Bonchev–Trinajstić information content (AvgIpc) is 3.17. The highest BCUT2D eigenvalue weighted by atomic mass is 16.1. The maximum atomic E-state index is 13.1. The van der Waals surface area contributed by atoms with Crippen molar-refractivity contribution < 1.29 is 4.79 Å². The Bertz CT molecular complexity index is 484. The van der Waals surface area contributed by atoms with E-state index in [4.69, 9.17) is 0 Å². The number of Topliss-reactive ketones (excluding diaryl/α,β-unsaturated/α-hetero) is 1. The topological polar surface area (TPSA) is 51.0 Å². The van der Waals surface area contributed by atoms with Crippen LogP contribution in [-0.2, 0) is 17.8 Å². The lowest BCUT2D eigenvalue weighted by Crippen LogP contribution is -2.55. The minimum Gasteiger partial charge on any atom is -0.297 e. The van der Waals surface area contributed by atoms with E-state index in [0.29, 0.717) is 12.2 Å². The highest BCUT2D eigenvalue weighted by Gasteiger charge is 2.45. The van der Waals surface area contributed by atoms with E-state index in [1.165, 1.54) is 32.1 Å². The first kappa shape index (κ1) is 14.7. The van der Waals surface area contributed by atoms with E-state index in [-0.39, 0.29) is 5.54 Å². The minimum absolute atomic E-state index is 0.203. The molecule has 0 spiro atoms. The van der Waals surface area contributed by atoms with Gasteiger partial charge in [0.25, 0.3) is 0 Å². The molecule has 3 rings (SSSR count). The van der Waals surface area contributed by atoms with Crippen molar-refractivity contribution in [1.29, 1.82) is 0 Å². The molecule has 0 N–H and O–H groups in total. The fraction of sp³-hybridized carbons (Fsp3) is 0.812. The summed E-state index contributed by atoms with van der Waals surface area (Å²) in [5, 5.41) is 4.19. The Kier molecular flexibility index (Phi) is 4.38. The monoisotopic (exact) mass is 290 g/mol. The van der Waals surface area contributed by atoms with E-state index in [0.717, 1.165) is 38.3 Å². The van der Waals surface area contributed by atoms with Gasteiger partial charge in [0.05, 0.1) is 12.0 Å². The molecule has 1 aromatic heterocycles. The second-order valence-corrected chi connectivity index (χ2v) is 6.38. The zero-order valence-corrected chi connectivity index (χ0v) is 13.1. The summed E-state index contributed by atoms with van der Waals surface area (Å²) >= 11 is 0. The Morgan fingerprint density at radius 1 is 1.19 bits per heavy atom. The van der Waals surface area contributed by atoms with E-state index in [1.54, 1.807) is 6.33 Å². The van der Waals surface area contributed by atoms with Crippen molar-refractivity contribution in [3.8, 4) is 0 Å². The zero-order valence-electron chi connectivity index (χ0n) is 13.1. The Labute approximate surface area is 126 Å². The molecule has 0 radical (unpaired) electrons. The summed E-state index contributed by atoms with van der Waals surface area (Å²) in [4.78, 5) is 19.9. The molecule has 1 aromatic rings. The highest BCUT2D eigenvalue weighted by Crippen LogP contribution is 2.38. The van der Waals surface area contributed by atoms with E-state index >= 15 is 0 Å². The second kappa shape index (κ2) is 6.26. The summed E-state index contributed by atoms with van der Waals surface area (Å²) < 4.78 is 1.84. The van der Waals surface area contributed by atoms with Gasteiger partial charge in [-0.15, -0.1) is 0 Å². The molecule has 5 nitrogen and oxygen atoms in total. The Morgan fingerprint density at radius 2 is 1.90 bits per heavy atom. The largest absolute Gasteiger partial charge is 0.297 e. The number of carbonyl (C=O) groups excluding carboxylic acids is 1. The number of nitrogens with zero attached hydrogens (tertiary/aromatic N) is 4. The van der Waals surface area contributed by atoms with Crippen LogP contribution >= 0.6 is 0 Å². The van der Waals surface area contributed by atoms with Crippen LogP contribution in [0.25, 0.3) is 0 Å². The average molecular weight is 290 g/mol. The van der Waals surface area contributed by atoms with Crippen LogP contribution in [0.5, 0.6) is 0 Å². The summed E-state index contributed by atoms with van der Waals surface area (Å²) in [6.45, 7) is 5.00. The van der Waals surface area contributed by atoms with E-state index in [2.05, 4.69) is 15.0 Å². The van der Waals surface area contributed by atoms with Crippen molar-refractivity contribution >= 4 is 5.78 Å². The lowest BCUT2D eigenvalue weighted by molar-refractivity contribution is -0.131. The van der Waals surface area contributed by atoms with Crippen molar-refractivity contribution in [3.63, 3.8) is 0 Å². The molecule has 1 saturated carbocycles. The molecule has 1 aliphatic heterocycles. The van der Waals surface area contributed by atoms with Crippen LogP contribution < -0.4 is 0 Å². The number of aryl methyl sites for hydroxylation is 1. The van der Waals surface area contributed by atoms with Crippen LogP contribution in [0.1, 0.15) is 57.7 Å². The maximum Gasteiger partial charge on any atom is 0.160 e. The molecular formula is C16H26N4O. The third kappa shape index (κ3) is 2.76. The molecule has 0 unspecified atom stereocenters. The number of carbonyl (C=O) groups is 1. The van der Waals surface area contributed by atoms with Gasteiger partial charge in [-0.2, -0.15) is 5.10 Å². The van der Waals surface area contributed by atoms with Gasteiger partial charge < -0.3 is 0 Å². The van der Waals surface area contributed by atoms with Crippen molar-refractivity contribution in [2.45, 2.75) is 70.4 Å². The third-order valence-corrected chi connectivity index (χ3v) is 5.23. The highest BCUT2D eigenvalue weighted by molar-refractivity contribution is 5.90. The van der Waals surface area contributed by atoms with Gasteiger partial charge in [-0.05, 0) is 45.7 Å². The molecule has 21 heavy (non-hydrogen) atoms. The molecule has 2 fully saturated rings. The Balaban J connectivity index is 1.78. The number of hydrogen-bond acceptors (Lipinski definition) is 4. The van der Waals surface area contributed by atoms with Crippen molar-refractivity contribution in [2.24, 2.45) is 0 Å². The summed E-state index contributed by atoms with van der Waals surface area (Å²) in [6, 6.07) is 0. The lowest BCUT2D eigenvalue weighted by atomic mass is 9.86. The third-order valence-electron chi connectivity index (χ3n) is 5.23. The first-order valence-corrected chi connectivity index (χ1v) is 8.41. The first-order valence-electron chi connectivity index (χ1n) is 8.41. The predicted octanol–water partition coefficient (Wildman–Crippen LogP) is 2.21. The molecule has 5 heteroatoms. The number of ketones is 1. The molecule has 0 amide bonds. The van der Waals surface area contributed by atoms with E-state index in [9.17, 15) is 4.79 Å². The van der Waals surface area contributed by atoms with Gasteiger partial charge in [-0.25, -0.2) is 9.67 Å². The standard InChI is InChI=1S/C16H26N4O/c1-2-20-15(17-13-18-20)12-14(21)16(8-4-5-9-16)19-10-6-3-7-11-19/h13H,2-12H2,1H3. The maximum absolute atomic E-state index is 13.1. The number of rotatable bonds is 5. The zero-order chi connectivity index (χ0) is 14.7. The van der Waals surface area contributed by atoms with Crippen molar-refractivity contribution in [2.75, 3.05) is 13.1 Å². The molecule has 2 aliphatic rings. The van der Waals surface area contributed by atoms with Crippen LogP contribution in [0.15, 0.2) is 6.33 Å². The van der Waals surface area contributed by atoms with Crippen LogP contribution in [0.2, 0.25) is 0 Å². The van der Waals surface area contributed by atoms with Crippen molar-refractivity contribution in [3.05, 3.63) is 12.2 Å². The fourth-order valence-corrected chi connectivity index (χ4v) is 4.05. The number of likely N-dealkylation sites (tertiary alicyclic amines) is 1. The predicted molar refractivity (Wildman–Crippen MR) is 81.0 cm³/mol. The van der Waals surface area contributed by atoms with Gasteiger partial charge in [0.2, 0.25) is 0 Å². The fourth-order valence-electron chi connectivity index (χ4n) is 4.05. The van der Waals surface area contributed by atoms with Gasteiger partial charge in [0, 0.05) is 6.54 Å². The molecule has 0 atom stereocenters. The molecule has 0 bridgehead atoms. The number of aromatic nitrogens is 3. The van der Waals surface area contributed by atoms with Gasteiger partial charge in [0.1, 0.15) is 12.2 Å².